The van der Waals surface area contributed by atoms with E-state index in [0.29, 0.717) is 19.6 Å². The van der Waals surface area contributed by atoms with E-state index in [1.807, 2.05) is 44.2 Å². The van der Waals surface area contributed by atoms with Gasteiger partial charge in [0.05, 0.1) is 0 Å². The standard InChI is InChI=1S/C17H23NO4S/c1-14(2)9-12-22-16-6-4-15(5-7-16)8-11-18-17(19)10-13-23(3,20)21/h4-7,9-10,13H,8,11-12H2,1-3H3,(H,18,19)/b13-10+. The lowest BCUT2D eigenvalue weighted by molar-refractivity contribution is -0.116. The first-order valence-corrected chi connectivity index (χ1v) is 9.23. The maximum absolute atomic E-state index is 11.4. The maximum atomic E-state index is 11.4. The summed E-state index contributed by atoms with van der Waals surface area (Å²) in [6, 6.07) is 7.66. The highest BCUT2D eigenvalue weighted by Crippen LogP contribution is 2.12. The van der Waals surface area contributed by atoms with E-state index in [-0.39, 0.29) is 0 Å². The summed E-state index contributed by atoms with van der Waals surface area (Å²) in [5.74, 6) is 0.378. The highest BCUT2D eigenvalue weighted by Gasteiger charge is 2.00. The van der Waals surface area contributed by atoms with Gasteiger partial charge in [-0.3, -0.25) is 4.79 Å². The van der Waals surface area contributed by atoms with Gasteiger partial charge in [-0.05, 0) is 44.0 Å². The van der Waals surface area contributed by atoms with E-state index in [2.05, 4.69) is 5.32 Å². The lowest BCUT2D eigenvalue weighted by Gasteiger charge is -2.06. The summed E-state index contributed by atoms with van der Waals surface area (Å²) in [5, 5.41) is 3.53. The van der Waals surface area contributed by atoms with Crippen LogP contribution in [0, 0.1) is 0 Å². The molecule has 0 bridgehead atoms. The minimum Gasteiger partial charge on any atom is -0.490 e. The number of benzene rings is 1. The number of ether oxygens (including phenoxy) is 1. The molecule has 0 aliphatic rings. The van der Waals surface area contributed by atoms with Crippen molar-refractivity contribution in [3.63, 3.8) is 0 Å². The number of hydrogen-bond donors (Lipinski definition) is 1. The van der Waals surface area contributed by atoms with Crippen molar-refractivity contribution in [2.24, 2.45) is 0 Å². The Morgan fingerprint density at radius 2 is 1.87 bits per heavy atom. The summed E-state index contributed by atoms with van der Waals surface area (Å²) < 4.78 is 27.4. The van der Waals surface area contributed by atoms with Crippen molar-refractivity contribution in [3.05, 3.63) is 53.0 Å². The van der Waals surface area contributed by atoms with Gasteiger partial charge in [0.2, 0.25) is 5.91 Å². The number of amides is 1. The predicted octanol–water partition coefficient (Wildman–Crippen LogP) is 2.25. The lowest BCUT2D eigenvalue weighted by atomic mass is 10.1. The van der Waals surface area contributed by atoms with Gasteiger partial charge in [0, 0.05) is 24.3 Å². The van der Waals surface area contributed by atoms with Gasteiger partial charge < -0.3 is 10.1 Å². The predicted molar refractivity (Wildman–Crippen MR) is 92.1 cm³/mol. The van der Waals surface area contributed by atoms with Crippen LogP contribution >= 0.6 is 0 Å². The van der Waals surface area contributed by atoms with Crippen LogP contribution in [0.25, 0.3) is 0 Å². The van der Waals surface area contributed by atoms with E-state index in [9.17, 15) is 13.2 Å². The van der Waals surface area contributed by atoms with Crippen LogP contribution in [0.15, 0.2) is 47.4 Å². The first-order valence-electron chi connectivity index (χ1n) is 7.27. The molecule has 0 radical (unpaired) electrons. The van der Waals surface area contributed by atoms with E-state index in [0.717, 1.165) is 29.1 Å². The lowest BCUT2D eigenvalue weighted by Crippen LogP contribution is -2.23. The molecule has 0 aromatic heterocycles. The fourth-order valence-corrected chi connectivity index (χ4v) is 2.00. The molecule has 0 atom stereocenters. The minimum absolute atomic E-state index is 0.419. The molecule has 0 aliphatic carbocycles. The third kappa shape index (κ3) is 9.52. The monoisotopic (exact) mass is 337 g/mol. The van der Waals surface area contributed by atoms with Crippen molar-refractivity contribution in [1.82, 2.24) is 5.32 Å². The second-order valence-corrected chi connectivity index (χ2v) is 7.34. The third-order valence-electron chi connectivity index (χ3n) is 2.84. The van der Waals surface area contributed by atoms with Gasteiger partial charge in [-0.15, -0.1) is 0 Å². The molecular formula is C17H23NO4S. The number of carbonyl (C=O) groups is 1. The average molecular weight is 337 g/mol. The Labute approximate surface area is 138 Å². The summed E-state index contributed by atoms with van der Waals surface area (Å²) in [5.41, 5.74) is 2.27. The number of sulfone groups is 1. The zero-order valence-electron chi connectivity index (χ0n) is 13.7. The first kappa shape index (κ1) is 19.0. The van der Waals surface area contributed by atoms with Crippen LogP contribution in [0.5, 0.6) is 5.75 Å². The second-order valence-electron chi connectivity index (χ2n) is 5.41. The van der Waals surface area contributed by atoms with Crippen LogP contribution in [0.1, 0.15) is 19.4 Å². The summed E-state index contributed by atoms with van der Waals surface area (Å²) in [6.07, 6.45) is 4.73. The molecule has 6 heteroatoms. The Bertz CT molecular complexity index is 669. The molecule has 0 saturated heterocycles. The molecule has 0 saturated carbocycles. The summed E-state index contributed by atoms with van der Waals surface area (Å²) >= 11 is 0. The van der Waals surface area contributed by atoms with Crippen molar-refractivity contribution in [2.45, 2.75) is 20.3 Å². The molecule has 1 aromatic carbocycles. The zero-order chi connectivity index (χ0) is 17.3. The quantitative estimate of drug-likeness (QED) is 0.583. The van der Waals surface area contributed by atoms with E-state index >= 15 is 0 Å². The molecule has 1 N–H and O–H groups in total. The molecule has 1 aromatic rings. The second kappa shape index (κ2) is 9.15. The molecule has 0 unspecified atom stereocenters. The molecule has 0 fully saturated rings. The molecule has 126 valence electrons. The van der Waals surface area contributed by atoms with Crippen LogP contribution in [0.2, 0.25) is 0 Å². The Morgan fingerprint density at radius 1 is 1.22 bits per heavy atom. The number of rotatable bonds is 8. The minimum atomic E-state index is -3.27. The fourth-order valence-electron chi connectivity index (χ4n) is 1.63. The fraction of sp³-hybridized carbons (Fsp3) is 0.353. The number of allylic oxidation sites excluding steroid dienone is 1. The summed E-state index contributed by atoms with van der Waals surface area (Å²) in [7, 11) is -3.27. The van der Waals surface area contributed by atoms with Crippen molar-refractivity contribution in [3.8, 4) is 5.75 Å². The Balaban J connectivity index is 2.37. The number of carbonyl (C=O) groups excluding carboxylic acids is 1. The van der Waals surface area contributed by atoms with Crippen LogP contribution in [-0.4, -0.2) is 33.7 Å². The van der Waals surface area contributed by atoms with E-state index in [1.165, 1.54) is 5.57 Å². The highest BCUT2D eigenvalue weighted by molar-refractivity contribution is 7.93. The maximum Gasteiger partial charge on any atom is 0.244 e. The smallest absolute Gasteiger partial charge is 0.244 e. The molecule has 0 heterocycles. The van der Waals surface area contributed by atoms with Gasteiger partial charge in [0.25, 0.3) is 0 Å². The number of hydrogen-bond acceptors (Lipinski definition) is 4. The van der Waals surface area contributed by atoms with Crippen LogP contribution in [0.4, 0.5) is 0 Å². The largest absolute Gasteiger partial charge is 0.490 e. The van der Waals surface area contributed by atoms with Crippen molar-refractivity contribution in [2.75, 3.05) is 19.4 Å². The molecule has 0 aliphatic heterocycles. The Morgan fingerprint density at radius 3 is 2.43 bits per heavy atom. The topological polar surface area (TPSA) is 72.5 Å². The van der Waals surface area contributed by atoms with Gasteiger partial charge >= 0.3 is 0 Å². The van der Waals surface area contributed by atoms with Crippen molar-refractivity contribution in [1.29, 1.82) is 0 Å². The van der Waals surface area contributed by atoms with E-state index in [1.54, 1.807) is 0 Å². The molecule has 1 amide bonds. The van der Waals surface area contributed by atoms with Gasteiger partial charge in [-0.25, -0.2) is 8.42 Å². The first-order chi connectivity index (χ1) is 10.8. The van der Waals surface area contributed by atoms with E-state index < -0.39 is 15.7 Å². The third-order valence-corrected chi connectivity index (χ3v) is 3.47. The van der Waals surface area contributed by atoms with Crippen molar-refractivity contribution < 1.29 is 17.9 Å². The zero-order valence-corrected chi connectivity index (χ0v) is 14.5. The van der Waals surface area contributed by atoms with Crippen LogP contribution < -0.4 is 10.1 Å². The Hall–Kier alpha value is -2.08. The molecule has 5 nitrogen and oxygen atoms in total. The normalized spacial score (nSPS) is 11.3. The summed E-state index contributed by atoms with van der Waals surface area (Å²) in [4.78, 5) is 11.4. The van der Waals surface area contributed by atoms with Gasteiger partial charge in [0.15, 0.2) is 9.84 Å². The van der Waals surface area contributed by atoms with Gasteiger partial charge in [-0.2, -0.15) is 0 Å². The molecular weight excluding hydrogens is 314 g/mol. The molecule has 23 heavy (non-hydrogen) atoms. The van der Waals surface area contributed by atoms with Gasteiger partial charge in [-0.1, -0.05) is 17.7 Å². The van der Waals surface area contributed by atoms with Crippen LogP contribution in [0.3, 0.4) is 0 Å². The molecule has 0 spiro atoms. The average Bonchev–Trinajstić information content (AvgIpc) is 2.46. The summed E-state index contributed by atoms with van der Waals surface area (Å²) in [6.45, 7) is 5.02. The molecule has 1 rings (SSSR count). The highest BCUT2D eigenvalue weighted by atomic mass is 32.2. The van der Waals surface area contributed by atoms with Crippen LogP contribution in [-0.2, 0) is 21.1 Å². The van der Waals surface area contributed by atoms with E-state index in [4.69, 9.17) is 4.74 Å². The van der Waals surface area contributed by atoms with Crippen molar-refractivity contribution >= 4 is 15.7 Å². The SMILES string of the molecule is CC(C)=CCOc1ccc(CCNC(=O)/C=C/S(C)(=O)=O)cc1. The number of nitrogens with one attached hydrogen (secondary N) is 1. The van der Waals surface area contributed by atoms with Gasteiger partial charge in [0.1, 0.15) is 12.4 Å². The Kier molecular flexibility index (Phi) is 7.54.